The van der Waals surface area contributed by atoms with E-state index in [4.69, 9.17) is 9.84 Å². The number of aromatic hydroxyl groups is 1. The van der Waals surface area contributed by atoms with Gasteiger partial charge in [-0.25, -0.2) is 0 Å². The fourth-order valence-electron chi connectivity index (χ4n) is 2.10. The Morgan fingerprint density at radius 2 is 2.22 bits per heavy atom. The maximum absolute atomic E-state index is 11.2. The van der Waals surface area contributed by atoms with Crippen molar-refractivity contribution in [3.63, 3.8) is 0 Å². The molecule has 0 saturated heterocycles. The summed E-state index contributed by atoms with van der Waals surface area (Å²) in [7, 11) is 0. The minimum Gasteiger partial charge on any atom is -0.508 e. The van der Waals surface area contributed by atoms with Crippen LogP contribution in [0.4, 0.5) is 0 Å². The van der Waals surface area contributed by atoms with E-state index in [1.807, 2.05) is 13.8 Å². The molecule has 2 unspecified atom stereocenters. The molecule has 5 nitrogen and oxygen atoms in total. The van der Waals surface area contributed by atoms with Crippen molar-refractivity contribution in [3.05, 3.63) is 23.8 Å². The van der Waals surface area contributed by atoms with E-state index in [2.05, 4.69) is 5.32 Å². The van der Waals surface area contributed by atoms with Crippen molar-refractivity contribution < 1.29 is 19.7 Å². The Bertz CT molecular complexity index is 458. The summed E-state index contributed by atoms with van der Waals surface area (Å²) in [5.41, 5.74) is 0.889. The van der Waals surface area contributed by atoms with Gasteiger partial charge in [-0.2, -0.15) is 0 Å². The third-order valence-corrected chi connectivity index (χ3v) is 3.09. The van der Waals surface area contributed by atoms with Crippen LogP contribution in [0.2, 0.25) is 0 Å². The minimum absolute atomic E-state index is 0.0105. The lowest BCUT2D eigenvalue weighted by Gasteiger charge is -2.21. The van der Waals surface area contributed by atoms with Crippen LogP contribution in [-0.2, 0) is 4.79 Å². The van der Waals surface area contributed by atoms with Crippen LogP contribution in [0.1, 0.15) is 25.5 Å². The van der Waals surface area contributed by atoms with Gasteiger partial charge < -0.3 is 14.9 Å². The summed E-state index contributed by atoms with van der Waals surface area (Å²) in [5.74, 6) is -0.116. The zero-order chi connectivity index (χ0) is 13.3. The lowest BCUT2D eigenvalue weighted by atomic mass is 10.0. The molecule has 0 bridgehead atoms. The number of carboxylic acids is 1. The predicted molar refractivity (Wildman–Crippen MR) is 65.7 cm³/mol. The van der Waals surface area contributed by atoms with Crippen molar-refractivity contribution in [2.45, 2.75) is 25.9 Å². The lowest BCUT2D eigenvalue weighted by Crippen LogP contribution is -2.43. The van der Waals surface area contributed by atoms with Gasteiger partial charge in [0.05, 0.1) is 6.04 Å². The highest BCUT2D eigenvalue weighted by Crippen LogP contribution is 2.35. The Morgan fingerprint density at radius 1 is 1.50 bits per heavy atom. The number of carboxylic acid groups (broad SMARTS) is 1. The molecule has 0 fully saturated rings. The van der Waals surface area contributed by atoms with Gasteiger partial charge in [0.1, 0.15) is 24.1 Å². The summed E-state index contributed by atoms with van der Waals surface area (Å²) in [5, 5.41) is 21.6. The van der Waals surface area contributed by atoms with Gasteiger partial charge in [-0.1, -0.05) is 13.8 Å². The van der Waals surface area contributed by atoms with Gasteiger partial charge >= 0.3 is 5.97 Å². The van der Waals surface area contributed by atoms with E-state index >= 15 is 0 Å². The number of phenolic OH excluding ortho intramolecular Hbond substituents is 1. The third kappa shape index (κ3) is 2.41. The van der Waals surface area contributed by atoms with Crippen molar-refractivity contribution >= 4 is 5.97 Å². The largest absolute Gasteiger partial charge is 0.508 e. The van der Waals surface area contributed by atoms with Crippen molar-refractivity contribution in [1.29, 1.82) is 0 Å². The Kier molecular flexibility index (Phi) is 3.43. The molecule has 3 N–H and O–H groups in total. The summed E-state index contributed by atoms with van der Waals surface area (Å²) < 4.78 is 5.44. The molecule has 0 spiro atoms. The summed E-state index contributed by atoms with van der Waals surface area (Å²) in [4.78, 5) is 11.2. The monoisotopic (exact) mass is 251 g/mol. The summed E-state index contributed by atoms with van der Waals surface area (Å²) >= 11 is 0. The first-order chi connectivity index (χ1) is 8.49. The summed E-state index contributed by atoms with van der Waals surface area (Å²) in [6, 6.07) is 4.12. The first-order valence-corrected chi connectivity index (χ1v) is 5.93. The maximum Gasteiger partial charge on any atom is 0.320 e. The van der Waals surface area contributed by atoms with Gasteiger partial charge in [0.15, 0.2) is 0 Å². The number of hydrogen-bond donors (Lipinski definition) is 3. The van der Waals surface area contributed by atoms with E-state index in [-0.39, 0.29) is 17.7 Å². The Morgan fingerprint density at radius 3 is 2.83 bits per heavy atom. The SMILES string of the molecule is CC(C)C(NC1COc2cc(O)ccc21)C(=O)O. The molecular formula is C13H17NO4. The van der Waals surface area contributed by atoms with Crippen LogP contribution in [0.5, 0.6) is 11.5 Å². The zero-order valence-electron chi connectivity index (χ0n) is 10.4. The van der Waals surface area contributed by atoms with Gasteiger partial charge in [-0.3, -0.25) is 10.1 Å². The fraction of sp³-hybridized carbons (Fsp3) is 0.462. The van der Waals surface area contributed by atoms with E-state index in [9.17, 15) is 9.90 Å². The topological polar surface area (TPSA) is 78.8 Å². The highest BCUT2D eigenvalue weighted by Gasteiger charge is 2.30. The average molecular weight is 251 g/mol. The van der Waals surface area contributed by atoms with Crippen molar-refractivity contribution in [2.75, 3.05) is 6.61 Å². The van der Waals surface area contributed by atoms with Gasteiger partial charge in [-0.05, 0) is 18.1 Å². The molecule has 0 amide bonds. The van der Waals surface area contributed by atoms with Crippen LogP contribution in [-0.4, -0.2) is 28.8 Å². The standard InChI is InChI=1S/C13H17NO4/c1-7(2)12(13(16)17)14-10-6-18-11-5-8(15)3-4-9(10)11/h3-5,7,10,12,14-15H,6H2,1-2H3,(H,16,17). The highest BCUT2D eigenvalue weighted by atomic mass is 16.5. The van der Waals surface area contributed by atoms with Gasteiger partial charge in [0.25, 0.3) is 0 Å². The van der Waals surface area contributed by atoms with Gasteiger partial charge in [0, 0.05) is 11.6 Å². The van der Waals surface area contributed by atoms with E-state index in [1.54, 1.807) is 18.2 Å². The van der Waals surface area contributed by atoms with E-state index in [0.29, 0.717) is 12.4 Å². The molecule has 0 radical (unpaired) electrons. The smallest absolute Gasteiger partial charge is 0.320 e. The number of carbonyl (C=O) groups is 1. The summed E-state index contributed by atoms with van der Waals surface area (Å²) in [6.07, 6.45) is 0. The van der Waals surface area contributed by atoms with Crippen LogP contribution in [0.25, 0.3) is 0 Å². The second-order valence-electron chi connectivity index (χ2n) is 4.81. The number of nitrogens with one attached hydrogen (secondary N) is 1. The van der Waals surface area contributed by atoms with Crippen LogP contribution >= 0.6 is 0 Å². The van der Waals surface area contributed by atoms with E-state index in [0.717, 1.165) is 5.56 Å². The second-order valence-corrected chi connectivity index (χ2v) is 4.81. The number of rotatable bonds is 4. The van der Waals surface area contributed by atoms with Crippen molar-refractivity contribution in [3.8, 4) is 11.5 Å². The molecule has 98 valence electrons. The second kappa shape index (κ2) is 4.86. The van der Waals surface area contributed by atoms with E-state index in [1.165, 1.54) is 0 Å². The Labute approximate surface area is 105 Å². The molecule has 0 saturated carbocycles. The molecule has 18 heavy (non-hydrogen) atoms. The molecule has 2 rings (SSSR count). The fourth-order valence-corrected chi connectivity index (χ4v) is 2.10. The minimum atomic E-state index is -0.864. The molecule has 1 aliphatic heterocycles. The summed E-state index contributed by atoms with van der Waals surface area (Å²) in [6.45, 7) is 4.11. The third-order valence-electron chi connectivity index (χ3n) is 3.09. The number of fused-ring (bicyclic) bond motifs is 1. The first-order valence-electron chi connectivity index (χ1n) is 5.93. The number of hydrogen-bond acceptors (Lipinski definition) is 4. The molecule has 1 aromatic carbocycles. The number of aliphatic carboxylic acids is 1. The van der Waals surface area contributed by atoms with E-state index < -0.39 is 12.0 Å². The Hall–Kier alpha value is -1.75. The molecular weight excluding hydrogens is 234 g/mol. The van der Waals surface area contributed by atoms with Crippen molar-refractivity contribution in [2.24, 2.45) is 5.92 Å². The number of benzene rings is 1. The first kappa shape index (κ1) is 12.7. The quantitative estimate of drug-likeness (QED) is 0.756. The van der Waals surface area contributed by atoms with Crippen molar-refractivity contribution in [1.82, 2.24) is 5.32 Å². The normalized spacial score (nSPS) is 19.4. The van der Waals surface area contributed by atoms with Gasteiger partial charge in [0.2, 0.25) is 0 Å². The molecule has 1 aromatic rings. The lowest BCUT2D eigenvalue weighted by molar-refractivity contribution is -0.140. The molecule has 0 aliphatic carbocycles. The molecule has 1 heterocycles. The number of phenols is 1. The molecule has 2 atom stereocenters. The molecule has 0 aromatic heterocycles. The average Bonchev–Trinajstić information content (AvgIpc) is 2.67. The Balaban J connectivity index is 2.16. The van der Waals surface area contributed by atoms with Crippen LogP contribution in [0.3, 0.4) is 0 Å². The maximum atomic E-state index is 11.2. The number of ether oxygens (including phenoxy) is 1. The van der Waals surface area contributed by atoms with Crippen LogP contribution in [0, 0.1) is 5.92 Å². The van der Waals surface area contributed by atoms with Gasteiger partial charge in [-0.15, -0.1) is 0 Å². The zero-order valence-corrected chi connectivity index (χ0v) is 10.4. The molecule has 5 heteroatoms. The van der Waals surface area contributed by atoms with Crippen LogP contribution < -0.4 is 10.1 Å². The molecule has 1 aliphatic rings. The van der Waals surface area contributed by atoms with Crippen LogP contribution in [0.15, 0.2) is 18.2 Å². The highest BCUT2D eigenvalue weighted by molar-refractivity contribution is 5.73. The predicted octanol–water partition coefficient (Wildman–Crippen LogP) is 1.52.